The first-order valence-corrected chi connectivity index (χ1v) is 8.89. The van der Waals surface area contributed by atoms with E-state index in [-0.39, 0.29) is 18.1 Å². The standard InChI is InChI=1S/C16H24N2O2S/c1-3-13-16(19)18(9-11-5-7-20-14(11)4-2)15(17-13)12-6-8-21-10-12/h6,8,10-11,13-15,17H,3-5,7,9H2,1-2H3. The fraction of sp³-hybridized carbons (Fsp3) is 0.688. The van der Waals surface area contributed by atoms with Crippen LogP contribution in [-0.4, -0.2) is 36.1 Å². The van der Waals surface area contributed by atoms with Crippen LogP contribution >= 0.6 is 11.3 Å². The summed E-state index contributed by atoms with van der Waals surface area (Å²) in [5.74, 6) is 0.716. The van der Waals surface area contributed by atoms with Crippen molar-refractivity contribution in [3.05, 3.63) is 22.4 Å². The minimum Gasteiger partial charge on any atom is -0.378 e. The van der Waals surface area contributed by atoms with Gasteiger partial charge in [0.25, 0.3) is 0 Å². The second kappa shape index (κ2) is 6.46. The highest BCUT2D eigenvalue weighted by Gasteiger charge is 2.41. The highest BCUT2D eigenvalue weighted by Crippen LogP contribution is 2.32. The summed E-state index contributed by atoms with van der Waals surface area (Å²) in [5.41, 5.74) is 1.20. The van der Waals surface area contributed by atoms with Gasteiger partial charge in [0, 0.05) is 19.1 Å². The monoisotopic (exact) mass is 308 g/mol. The molecule has 4 nitrogen and oxygen atoms in total. The molecule has 0 spiro atoms. The van der Waals surface area contributed by atoms with Crippen LogP contribution in [0.2, 0.25) is 0 Å². The molecule has 0 aromatic carbocycles. The van der Waals surface area contributed by atoms with Gasteiger partial charge in [0.2, 0.25) is 5.91 Å². The third-order valence-corrected chi connectivity index (χ3v) is 5.40. The molecular weight excluding hydrogens is 284 g/mol. The van der Waals surface area contributed by atoms with Gasteiger partial charge in [0.1, 0.15) is 6.17 Å². The quantitative estimate of drug-likeness (QED) is 0.909. The summed E-state index contributed by atoms with van der Waals surface area (Å²) in [6, 6.07) is 2.07. The normalized spacial score (nSPS) is 33.0. The molecule has 1 aromatic rings. The zero-order valence-electron chi connectivity index (χ0n) is 12.7. The predicted molar refractivity (Wildman–Crippen MR) is 84.1 cm³/mol. The zero-order chi connectivity index (χ0) is 14.8. The Bertz CT molecular complexity index is 477. The summed E-state index contributed by atoms with van der Waals surface area (Å²) in [6.07, 6.45) is 3.28. The van der Waals surface area contributed by atoms with Crippen LogP contribution in [0.15, 0.2) is 16.8 Å². The number of rotatable bonds is 5. The number of nitrogens with zero attached hydrogens (tertiary/aromatic N) is 1. The van der Waals surface area contributed by atoms with Crippen molar-refractivity contribution in [3.63, 3.8) is 0 Å². The summed E-state index contributed by atoms with van der Waals surface area (Å²) >= 11 is 1.68. The van der Waals surface area contributed by atoms with E-state index in [4.69, 9.17) is 4.74 Å². The third kappa shape index (κ3) is 2.87. The maximum absolute atomic E-state index is 12.7. The zero-order valence-corrected chi connectivity index (χ0v) is 13.6. The Morgan fingerprint density at radius 2 is 2.29 bits per heavy atom. The molecule has 2 fully saturated rings. The van der Waals surface area contributed by atoms with Gasteiger partial charge in [-0.15, -0.1) is 0 Å². The Balaban J connectivity index is 1.77. The van der Waals surface area contributed by atoms with Crippen molar-refractivity contribution in [3.8, 4) is 0 Å². The molecular formula is C16H24N2O2S. The number of carbonyl (C=O) groups is 1. The van der Waals surface area contributed by atoms with Gasteiger partial charge in [-0.1, -0.05) is 13.8 Å². The van der Waals surface area contributed by atoms with E-state index in [1.807, 2.05) is 4.90 Å². The van der Waals surface area contributed by atoms with Gasteiger partial charge in [0.05, 0.1) is 12.1 Å². The molecule has 116 valence electrons. The number of amides is 1. The molecule has 3 heterocycles. The van der Waals surface area contributed by atoms with Crippen molar-refractivity contribution in [2.75, 3.05) is 13.2 Å². The lowest BCUT2D eigenvalue weighted by Crippen LogP contribution is -2.37. The van der Waals surface area contributed by atoms with Crippen LogP contribution in [0.25, 0.3) is 0 Å². The summed E-state index contributed by atoms with van der Waals surface area (Å²) in [7, 11) is 0. The Hall–Kier alpha value is -0.910. The van der Waals surface area contributed by atoms with E-state index < -0.39 is 0 Å². The Labute approximate surface area is 130 Å². The molecule has 1 amide bonds. The highest BCUT2D eigenvalue weighted by molar-refractivity contribution is 7.07. The molecule has 3 rings (SSSR count). The van der Waals surface area contributed by atoms with Crippen LogP contribution in [0.1, 0.15) is 44.8 Å². The number of carbonyl (C=O) groups excluding carboxylic acids is 1. The first-order chi connectivity index (χ1) is 10.2. The highest BCUT2D eigenvalue weighted by atomic mass is 32.1. The van der Waals surface area contributed by atoms with Gasteiger partial charge in [-0.2, -0.15) is 11.3 Å². The van der Waals surface area contributed by atoms with E-state index in [1.54, 1.807) is 11.3 Å². The van der Waals surface area contributed by atoms with E-state index in [0.29, 0.717) is 12.0 Å². The fourth-order valence-electron chi connectivity index (χ4n) is 3.48. The predicted octanol–water partition coefficient (Wildman–Crippen LogP) is 2.77. The second-order valence-electron chi connectivity index (χ2n) is 5.94. The summed E-state index contributed by atoms with van der Waals surface area (Å²) in [5, 5.41) is 7.71. The number of ether oxygens (including phenoxy) is 1. The molecule has 2 saturated heterocycles. The first-order valence-electron chi connectivity index (χ1n) is 7.94. The van der Waals surface area contributed by atoms with Crippen molar-refractivity contribution < 1.29 is 9.53 Å². The van der Waals surface area contributed by atoms with Crippen molar-refractivity contribution in [1.29, 1.82) is 0 Å². The van der Waals surface area contributed by atoms with Gasteiger partial charge in [-0.05, 0) is 41.7 Å². The maximum Gasteiger partial charge on any atom is 0.241 e. The van der Waals surface area contributed by atoms with Crippen LogP contribution in [0.5, 0.6) is 0 Å². The van der Waals surface area contributed by atoms with Crippen LogP contribution in [-0.2, 0) is 9.53 Å². The third-order valence-electron chi connectivity index (χ3n) is 4.70. The van der Waals surface area contributed by atoms with Crippen LogP contribution in [0.4, 0.5) is 0 Å². The number of thiophene rings is 1. The first kappa shape index (κ1) is 15.0. The topological polar surface area (TPSA) is 41.6 Å². The molecule has 0 saturated carbocycles. The van der Waals surface area contributed by atoms with Gasteiger partial charge < -0.3 is 9.64 Å². The van der Waals surface area contributed by atoms with Crippen LogP contribution < -0.4 is 5.32 Å². The van der Waals surface area contributed by atoms with E-state index in [0.717, 1.165) is 32.4 Å². The Morgan fingerprint density at radius 1 is 1.43 bits per heavy atom. The van der Waals surface area contributed by atoms with E-state index >= 15 is 0 Å². The smallest absolute Gasteiger partial charge is 0.241 e. The largest absolute Gasteiger partial charge is 0.378 e. The average molecular weight is 308 g/mol. The molecule has 2 aliphatic rings. The van der Waals surface area contributed by atoms with Gasteiger partial charge in [0.15, 0.2) is 0 Å². The number of nitrogens with one attached hydrogen (secondary N) is 1. The van der Waals surface area contributed by atoms with Crippen molar-refractivity contribution in [1.82, 2.24) is 10.2 Å². The van der Waals surface area contributed by atoms with Crippen molar-refractivity contribution in [2.45, 2.75) is 51.4 Å². The fourth-order valence-corrected chi connectivity index (χ4v) is 4.16. The molecule has 0 bridgehead atoms. The Morgan fingerprint density at radius 3 is 2.95 bits per heavy atom. The molecule has 1 N–H and O–H groups in total. The molecule has 4 atom stereocenters. The maximum atomic E-state index is 12.7. The minimum atomic E-state index is -0.0442. The molecule has 2 aliphatic heterocycles. The molecule has 21 heavy (non-hydrogen) atoms. The average Bonchev–Trinajstić information content (AvgIpc) is 3.21. The molecule has 1 aromatic heterocycles. The number of hydrogen-bond donors (Lipinski definition) is 1. The summed E-state index contributed by atoms with van der Waals surface area (Å²) in [4.78, 5) is 14.7. The van der Waals surface area contributed by atoms with Crippen molar-refractivity contribution >= 4 is 17.2 Å². The Kier molecular flexibility index (Phi) is 4.62. The number of hydrogen-bond acceptors (Lipinski definition) is 4. The molecule has 5 heteroatoms. The van der Waals surface area contributed by atoms with E-state index in [2.05, 4.69) is 36.0 Å². The second-order valence-corrected chi connectivity index (χ2v) is 6.72. The lowest BCUT2D eigenvalue weighted by molar-refractivity contribution is -0.131. The lowest BCUT2D eigenvalue weighted by atomic mass is 9.98. The summed E-state index contributed by atoms with van der Waals surface area (Å²) in [6.45, 7) is 5.87. The van der Waals surface area contributed by atoms with Gasteiger partial charge in [-0.25, -0.2) is 0 Å². The van der Waals surface area contributed by atoms with Crippen LogP contribution in [0.3, 0.4) is 0 Å². The minimum absolute atomic E-state index is 0.0341. The van der Waals surface area contributed by atoms with Crippen molar-refractivity contribution in [2.24, 2.45) is 5.92 Å². The molecule has 0 aliphatic carbocycles. The lowest BCUT2D eigenvalue weighted by Gasteiger charge is -2.28. The van der Waals surface area contributed by atoms with E-state index in [9.17, 15) is 4.79 Å². The van der Waals surface area contributed by atoms with Crippen LogP contribution in [0, 0.1) is 5.92 Å². The van der Waals surface area contributed by atoms with Gasteiger partial charge >= 0.3 is 0 Å². The van der Waals surface area contributed by atoms with E-state index in [1.165, 1.54) is 5.56 Å². The van der Waals surface area contributed by atoms with Gasteiger partial charge in [-0.3, -0.25) is 10.1 Å². The molecule has 0 radical (unpaired) electrons. The SMILES string of the molecule is CCC1NC(c2ccsc2)N(CC2CCOC2CC)C1=O. The summed E-state index contributed by atoms with van der Waals surface area (Å²) < 4.78 is 5.78. The molecule has 4 unspecified atom stereocenters.